The van der Waals surface area contributed by atoms with Crippen LogP contribution in [0.5, 0.6) is 0 Å². The second kappa shape index (κ2) is 12.1. The zero-order valence-corrected chi connectivity index (χ0v) is 29.1. The van der Waals surface area contributed by atoms with Crippen LogP contribution < -0.4 is 0 Å². The number of pyridine rings is 1. The van der Waals surface area contributed by atoms with Crippen LogP contribution in [-0.2, 0) is 0 Å². The average molecular weight is 687 g/mol. The van der Waals surface area contributed by atoms with E-state index in [0.717, 1.165) is 54.7 Å². The molecule has 0 unspecified atom stereocenters. The van der Waals surface area contributed by atoms with E-state index in [2.05, 4.69) is 152 Å². The van der Waals surface area contributed by atoms with E-state index >= 15 is 0 Å². The van der Waals surface area contributed by atoms with Crippen LogP contribution in [0.25, 0.3) is 110 Å². The van der Waals surface area contributed by atoms with Crippen LogP contribution in [0.15, 0.2) is 182 Å². The summed E-state index contributed by atoms with van der Waals surface area (Å²) < 4.78 is 0. The molecule has 0 aliphatic rings. The van der Waals surface area contributed by atoms with Crippen molar-refractivity contribution in [2.24, 2.45) is 0 Å². The lowest BCUT2D eigenvalue weighted by Crippen LogP contribution is -2.01. The first-order chi connectivity index (χ1) is 26.8. The molecule has 11 aromatic rings. The lowest BCUT2D eigenvalue weighted by Gasteiger charge is -2.15. The fourth-order valence-electron chi connectivity index (χ4n) is 8.25. The van der Waals surface area contributed by atoms with E-state index in [1.54, 1.807) is 0 Å². The van der Waals surface area contributed by atoms with Gasteiger partial charge in [0.1, 0.15) is 0 Å². The van der Waals surface area contributed by atoms with Gasteiger partial charge in [0.2, 0.25) is 0 Å². The van der Waals surface area contributed by atoms with Crippen molar-refractivity contribution in [1.82, 2.24) is 19.9 Å². The van der Waals surface area contributed by atoms with Crippen LogP contribution in [-0.4, -0.2) is 19.9 Å². The Morgan fingerprint density at radius 1 is 0.278 bits per heavy atom. The summed E-state index contributed by atoms with van der Waals surface area (Å²) in [7, 11) is 0. The molecule has 250 valence electrons. The topological polar surface area (TPSA) is 51.6 Å². The zero-order valence-electron chi connectivity index (χ0n) is 29.1. The van der Waals surface area contributed by atoms with E-state index < -0.39 is 0 Å². The van der Waals surface area contributed by atoms with Crippen LogP contribution in [0, 0.1) is 0 Å². The fourth-order valence-corrected chi connectivity index (χ4v) is 8.25. The van der Waals surface area contributed by atoms with Crippen molar-refractivity contribution in [3.63, 3.8) is 0 Å². The normalized spacial score (nSPS) is 11.7. The summed E-state index contributed by atoms with van der Waals surface area (Å²) in [6.45, 7) is 0. The van der Waals surface area contributed by atoms with Crippen molar-refractivity contribution in [2.45, 2.75) is 0 Å². The number of hydrogen-bond acceptors (Lipinski definition) is 4. The number of aromatic nitrogens is 4. The highest BCUT2D eigenvalue weighted by Crippen LogP contribution is 2.41. The Morgan fingerprint density at radius 2 is 0.796 bits per heavy atom. The number of rotatable bonds is 4. The predicted molar refractivity (Wildman–Crippen MR) is 224 cm³/mol. The first kappa shape index (κ1) is 30.3. The molecular weight excluding hydrogens is 657 g/mol. The molecular formula is C50H30N4. The quantitative estimate of drug-likeness (QED) is 0.173. The summed E-state index contributed by atoms with van der Waals surface area (Å²) in [4.78, 5) is 20.4. The van der Waals surface area contributed by atoms with Crippen LogP contribution in [0.1, 0.15) is 0 Å². The zero-order chi connectivity index (χ0) is 35.6. The lowest BCUT2D eigenvalue weighted by atomic mass is 9.90. The molecule has 0 spiro atoms. The number of hydrogen-bond donors (Lipinski definition) is 0. The van der Waals surface area contributed by atoms with E-state index in [1.807, 2.05) is 30.5 Å². The minimum Gasteiger partial charge on any atom is -0.256 e. The molecule has 0 fully saturated rings. The molecule has 2 aromatic heterocycles. The molecule has 2 heterocycles. The summed E-state index contributed by atoms with van der Waals surface area (Å²) >= 11 is 0. The minimum absolute atomic E-state index is 0.615. The van der Waals surface area contributed by atoms with Gasteiger partial charge in [0.25, 0.3) is 0 Å². The maximum atomic E-state index is 5.26. The van der Waals surface area contributed by atoms with Gasteiger partial charge in [0, 0.05) is 33.7 Å². The van der Waals surface area contributed by atoms with Crippen molar-refractivity contribution in [3.8, 4) is 45.3 Å². The van der Waals surface area contributed by atoms with Crippen molar-refractivity contribution >= 4 is 64.8 Å². The van der Waals surface area contributed by atoms with Crippen LogP contribution in [0.3, 0.4) is 0 Å². The smallest absolute Gasteiger partial charge is 0.164 e. The molecule has 0 atom stereocenters. The van der Waals surface area contributed by atoms with E-state index in [1.165, 1.54) is 37.9 Å². The van der Waals surface area contributed by atoms with Crippen molar-refractivity contribution in [3.05, 3.63) is 182 Å². The van der Waals surface area contributed by atoms with E-state index in [4.69, 9.17) is 19.9 Å². The molecule has 4 nitrogen and oxygen atoms in total. The van der Waals surface area contributed by atoms with Crippen molar-refractivity contribution in [1.29, 1.82) is 0 Å². The first-order valence-corrected chi connectivity index (χ1v) is 18.2. The number of nitrogens with zero attached hydrogens (tertiary/aromatic N) is 4. The van der Waals surface area contributed by atoms with Gasteiger partial charge in [-0.05, 0) is 83.9 Å². The number of fused-ring (bicyclic) bond motifs is 10. The highest BCUT2D eigenvalue weighted by atomic mass is 15.0. The van der Waals surface area contributed by atoms with Gasteiger partial charge >= 0.3 is 0 Å². The number of benzene rings is 9. The molecule has 0 radical (unpaired) electrons. The van der Waals surface area contributed by atoms with Gasteiger partial charge in [0.05, 0.1) is 5.52 Å². The molecule has 0 saturated carbocycles. The third-order valence-corrected chi connectivity index (χ3v) is 10.7. The van der Waals surface area contributed by atoms with Gasteiger partial charge in [-0.25, -0.2) is 15.0 Å². The van der Waals surface area contributed by atoms with E-state index in [9.17, 15) is 0 Å². The molecule has 4 heteroatoms. The predicted octanol–water partition coefficient (Wildman–Crippen LogP) is 12.9. The summed E-state index contributed by atoms with van der Waals surface area (Å²) in [6.07, 6.45) is 1.85. The monoisotopic (exact) mass is 686 g/mol. The van der Waals surface area contributed by atoms with Gasteiger partial charge in [-0.15, -0.1) is 0 Å². The maximum Gasteiger partial charge on any atom is 0.164 e. The van der Waals surface area contributed by atoms with Crippen LogP contribution in [0.2, 0.25) is 0 Å². The maximum absolute atomic E-state index is 5.26. The Labute approximate surface area is 311 Å². The Hall–Kier alpha value is -7.30. The van der Waals surface area contributed by atoms with Gasteiger partial charge in [-0.1, -0.05) is 152 Å². The fraction of sp³-hybridized carbons (Fsp3) is 0. The highest BCUT2D eigenvalue weighted by Gasteiger charge is 2.19. The Kier molecular flexibility index (Phi) is 6.82. The van der Waals surface area contributed by atoms with E-state index in [-0.39, 0.29) is 0 Å². The average Bonchev–Trinajstić information content (AvgIpc) is 3.26. The molecule has 0 amide bonds. The second-order valence-electron chi connectivity index (χ2n) is 13.8. The Morgan fingerprint density at radius 3 is 1.52 bits per heavy atom. The summed E-state index contributed by atoms with van der Waals surface area (Å²) in [5, 5.41) is 13.0. The van der Waals surface area contributed by atoms with Gasteiger partial charge in [-0.3, -0.25) is 4.98 Å². The largest absolute Gasteiger partial charge is 0.256 e. The Bertz CT molecular complexity index is 3240. The lowest BCUT2D eigenvalue weighted by molar-refractivity contribution is 1.08. The van der Waals surface area contributed by atoms with Crippen LogP contribution in [0.4, 0.5) is 0 Å². The second-order valence-corrected chi connectivity index (χ2v) is 13.8. The SMILES string of the molecule is c1ccc(-c2nc(-c3ccc(-c4ccc5c6ccccc6c6ccccc6c5c4)c4ccccc34)nc(-c3cc4ccccc4c4ncccc34)n2)cc1. The standard InChI is InChI=1S/C50H30N4/c1-2-13-31(14-3-1)48-52-49(54-50(53-48)46-30-32-15-4-5-16-35(32)47-43(46)23-12-28-51-47)44-27-26-34(36-17-6-10-21-40(36)44)33-24-25-42-39-20-8-7-18-37(39)38-19-9-11-22-41(38)45(42)29-33/h1-30H. The molecule has 9 aromatic carbocycles. The third-order valence-electron chi connectivity index (χ3n) is 10.7. The summed E-state index contributed by atoms with van der Waals surface area (Å²) in [5.74, 6) is 1.87. The van der Waals surface area contributed by atoms with Gasteiger partial charge < -0.3 is 0 Å². The summed E-state index contributed by atoms with van der Waals surface area (Å²) in [5.41, 5.74) is 6.08. The van der Waals surface area contributed by atoms with Crippen molar-refractivity contribution in [2.75, 3.05) is 0 Å². The van der Waals surface area contributed by atoms with E-state index in [0.29, 0.717) is 17.5 Å². The van der Waals surface area contributed by atoms with Crippen LogP contribution >= 0.6 is 0 Å². The molecule has 0 saturated heterocycles. The first-order valence-electron chi connectivity index (χ1n) is 18.2. The minimum atomic E-state index is 0.615. The molecule has 0 aliphatic heterocycles. The van der Waals surface area contributed by atoms with Crippen molar-refractivity contribution < 1.29 is 0 Å². The third kappa shape index (κ3) is 4.78. The summed E-state index contributed by atoms with van der Waals surface area (Å²) in [6, 6.07) is 62.2. The molecule has 0 N–H and O–H groups in total. The molecule has 0 aliphatic carbocycles. The Balaban J connectivity index is 1.14. The molecule has 11 rings (SSSR count). The molecule has 0 bridgehead atoms. The molecule has 54 heavy (non-hydrogen) atoms. The van der Waals surface area contributed by atoms with Gasteiger partial charge in [-0.2, -0.15) is 0 Å². The van der Waals surface area contributed by atoms with Gasteiger partial charge in [0.15, 0.2) is 17.5 Å². The highest BCUT2D eigenvalue weighted by molar-refractivity contribution is 6.26.